The second kappa shape index (κ2) is 5.69. The summed E-state index contributed by atoms with van der Waals surface area (Å²) < 4.78 is 1.77. The summed E-state index contributed by atoms with van der Waals surface area (Å²) in [6.07, 6.45) is 3.78. The van der Waals surface area contributed by atoms with Gasteiger partial charge in [0.1, 0.15) is 0 Å². The van der Waals surface area contributed by atoms with Crippen LogP contribution in [-0.2, 0) is 39.8 Å². The van der Waals surface area contributed by atoms with Crippen LogP contribution in [0.25, 0.3) is 11.4 Å². The van der Waals surface area contributed by atoms with Gasteiger partial charge in [-0.3, -0.25) is 4.68 Å². The summed E-state index contributed by atoms with van der Waals surface area (Å²) in [6.45, 7) is 4.27. The van der Waals surface area contributed by atoms with Crippen molar-refractivity contribution >= 4 is 0 Å². The molecule has 2 aromatic rings. The molecule has 3 nitrogen and oxygen atoms in total. The van der Waals surface area contributed by atoms with E-state index in [-0.39, 0.29) is 32.7 Å². The van der Waals surface area contributed by atoms with Crippen LogP contribution >= 0.6 is 0 Å². The van der Waals surface area contributed by atoms with E-state index in [4.69, 9.17) is 0 Å². The SMILES string of the molecule is CC(C)c1[c-]cc(-c2ccn(C)n2)nc1.[Y]. The van der Waals surface area contributed by atoms with Crippen LogP contribution in [0.5, 0.6) is 0 Å². The Morgan fingerprint density at radius 1 is 1.31 bits per heavy atom. The zero-order valence-electron chi connectivity index (χ0n) is 9.81. The molecule has 16 heavy (non-hydrogen) atoms. The van der Waals surface area contributed by atoms with Gasteiger partial charge < -0.3 is 4.98 Å². The smallest absolute Gasteiger partial charge is 0.0549 e. The fourth-order valence-corrected chi connectivity index (χ4v) is 1.37. The van der Waals surface area contributed by atoms with Crippen molar-refractivity contribution in [1.82, 2.24) is 14.8 Å². The van der Waals surface area contributed by atoms with Gasteiger partial charge in [-0.25, -0.2) is 0 Å². The quantitative estimate of drug-likeness (QED) is 0.795. The molecule has 1 radical (unpaired) electrons. The second-order valence-electron chi connectivity index (χ2n) is 3.92. The molecule has 2 heterocycles. The Bertz CT molecular complexity index is 446. The van der Waals surface area contributed by atoms with Crippen molar-refractivity contribution in [3.8, 4) is 11.4 Å². The molecule has 4 heteroatoms. The molecular formula is C12H14N3Y-. The molecular weight excluding hydrogens is 275 g/mol. The first-order chi connectivity index (χ1) is 7.16. The third-order valence-electron chi connectivity index (χ3n) is 2.32. The molecule has 0 aliphatic carbocycles. The molecule has 0 saturated carbocycles. The van der Waals surface area contributed by atoms with Crippen molar-refractivity contribution in [3.63, 3.8) is 0 Å². The molecule has 0 spiro atoms. The first kappa shape index (κ1) is 13.5. The third-order valence-corrected chi connectivity index (χ3v) is 2.32. The Balaban J connectivity index is 0.00000128. The molecule has 0 aromatic carbocycles. The van der Waals surface area contributed by atoms with E-state index in [0.29, 0.717) is 5.92 Å². The molecule has 0 amide bonds. The van der Waals surface area contributed by atoms with Crippen LogP contribution in [0.15, 0.2) is 24.5 Å². The number of nitrogens with zero attached hydrogens (tertiary/aromatic N) is 3. The fraction of sp³-hybridized carbons (Fsp3) is 0.333. The molecule has 0 saturated heterocycles. The second-order valence-corrected chi connectivity index (χ2v) is 3.92. The van der Waals surface area contributed by atoms with Crippen LogP contribution in [0, 0.1) is 6.07 Å². The van der Waals surface area contributed by atoms with Gasteiger partial charge in [0.25, 0.3) is 0 Å². The summed E-state index contributed by atoms with van der Waals surface area (Å²) >= 11 is 0. The summed E-state index contributed by atoms with van der Waals surface area (Å²) in [5, 5.41) is 4.29. The van der Waals surface area contributed by atoms with Crippen LogP contribution in [0.2, 0.25) is 0 Å². The van der Waals surface area contributed by atoms with E-state index in [1.165, 1.54) is 0 Å². The monoisotopic (exact) mass is 289 g/mol. The summed E-state index contributed by atoms with van der Waals surface area (Å²) in [4.78, 5) is 4.38. The molecule has 0 aliphatic rings. The van der Waals surface area contributed by atoms with E-state index in [1.807, 2.05) is 31.6 Å². The van der Waals surface area contributed by atoms with Crippen molar-refractivity contribution in [2.75, 3.05) is 0 Å². The normalized spacial score (nSPS) is 10.2. The van der Waals surface area contributed by atoms with Crippen LogP contribution in [0.3, 0.4) is 0 Å². The van der Waals surface area contributed by atoms with Crippen LogP contribution < -0.4 is 0 Å². The Morgan fingerprint density at radius 3 is 2.50 bits per heavy atom. The fourth-order valence-electron chi connectivity index (χ4n) is 1.37. The minimum Gasteiger partial charge on any atom is -0.381 e. The molecule has 2 rings (SSSR count). The first-order valence-corrected chi connectivity index (χ1v) is 5.04. The molecule has 0 N–H and O–H groups in total. The van der Waals surface area contributed by atoms with Crippen molar-refractivity contribution in [1.29, 1.82) is 0 Å². The maximum absolute atomic E-state index is 4.38. The van der Waals surface area contributed by atoms with Crippen molar-refractivity contribution < 1.29 is 32.7 Å². The first-order valence-electron chi connectivity index (χ1n) is 5.04. The Kier molecular flexibility index (Phi) is 4.81. The summed E-state index contributed by atoms with van der Waals surface area (Å²) in [5.74, 6) is 0.468. The topological polar surface area (TPSA) is 30.7 Å². The van der Waals surface area contributed by atoms with Gasteiger partial charge in [-0.05, 0) is 17.7 Å². The predicted octanol–water partition coefficient (Wildman–Crippen LogP) is 2.40. The Morgan fingerprint density at radius 2 is 2.06 bits per heavy atom. The molecule has 0 bridgehead atoms. The van der Waals surface area contributed by atoms with Gasteiger partial charge in [-0.1, -0.05) is 20.0 Å². The van der Waals surface area contributed by atoms with E-state index >= 15 is 0 Å². The number of rotatable bonds is 2. The number of hydrogen-bond donors (Lipinski definition) is 0. The standard InChI is InChI=1S/C12H14N3.Y/c1-9(2)10-4-5-11(13-8-10)12-6-7-15(3)14-12;/h5-9H,1-3H3;/q-1;. The average Bonchev–Trinajstić information content (AvgIpc) is 2.65. The minimum atomic E-state index is 0. The summed E-state index contributed by atoms with van der Waals surface area (Å²) in [7, 11) is 1.90. The number of hydrogen-bond acceptors (Lipinski definition) is 2. The number of aromatic nitrogens is 3. The van der Waals surface area contributed by atoms with Gasteiger partial charge in [0.2, 0.25) is 0 Å². The molecule has 0 unspecified atom stereocenters. The molecule has 2 aromatic heterocycles. The van der Waals surface area contributed by atoms with Crippen molar-refractivity contribution in [2.24, 2.45) is 7.05 Å². The van der Waals surface area contributed by atoms with Gasteiger partial charge in [-0.2, -0.15) is 11.2 Å². The van der Waals surface area contributed by atoms with Gasteiger partial charge in [0.05, 0.1) is 5.69 Å². The van der Waals surface area contributed by atoms with E-state index in [0.717, 1.165) is 17.0 Å². The Hall–Kier alpha value is -0.536. The van der Waals surface area contributed by atoms with Crippen LogP contribution in [0.1, 0.15) is 25.3 Å². The van der Waals surface area contributed by atoms with E-state index in [9.17, 15) is 0 Å². The predicted molar refractivity (Wildman–Crippen MR) is 59.4 cm³/mol. The molecule has 0 atom stereocenters. The van der Waals surface area contributed by atoms with Crippen molar-refractivity contribution in [2.45, 2.75) is 19.8 Å². The largest absolute Gasteiger partial charge is 0.381 e. The third kappa shape index (κ3) is 2.99. The van der Waals surface area contributed by atoms with Crippen molar-refractivity contribution in [3.05, 3.63) is 36.2 Å². The minimum absolute atomic E-state index is 0. The van der Waals surface area contributed by atoms with Crippen LogP contribution in [0.4, 0.5) is 0 Å². The zero-order chi connectivity index (χ0) is 10.8. The van der Waals surface area contributed by atoms with Gasteiger partial charge in [0, 0.05) is 46.0 Å². The van der Waals surface area contributed by atoms with Gasteiger partial charge in [0.15, 0.2) is 0 Å². The Labute approximate surface area is 121 Å². The van der Waals surface area contributed by atoms with E-state index in [2.05, 4.69) is 30.0 Å². The maximum Gasteiger partial charge on any atom is 0.0549 e. The maximum atomic E-state index is 4.38. The summed E-state index contributed by atoms with van der Waals surface area (Å²) in [5.41, 5.74) is 2.90. The number of pyridine rings is 1. The van der Waals surface area contributed by atoms with E-state index in [1.54, 1.807) is 4.68 Å². The molecule has 81 valence electrons. The average molecular weight is 289 g/mol. The zero-order valence-corrected chi connectivity index (χ0v) is 12.6. The van der Waals surface area contributed by atoms with Crippen LogP contribution in [-0.4, -0.2) is 14.8 Å². The van der Waals surface area contributed by atoms with Gasteiger partial charge >= 0.3 is 0 Å². The molecule has 0 aliphatic heterocycles. The van der Waals surface area contributed by atoms with E-state index < -0.39 is 0 Å². The molecule has 0 fully saturated rings. The number of aryl methyl sites for hydroxylation is 1. The van der Waals surface area contributed by atoms with Gasteiger partial charge in [-0.15, -0.1) is 11.6 Å². The summed E-state index contributed by atoms with van der Waals surface area (Å²) in [6, 6.07) is 7.08.